The highest BCUT2D eigenvalue weighted by Gasteiger charge is 2.20. The molecule has 3 aromatic carbocycles. The normalized spacial score (nSPS) is 15.9. The third-order valence-electron chi connectivity index (χ3n) is 4.82. The Labute approximate surface area is 161 Å². The first kappa shape index (κ1) is 17.2. The zero-order valence-electron chi connectivity index (χ0n) is 15.5. The van der Waals surface area contributed by atoms with Crippen LogP contribution in [0.15, 0.2) is 109 Å². The SMILES string of the molecule is Cc1ccc(N(c2ccccc2)C2C=CC(Nc3ccccc3)=CC2)cc1. The second-order valence-corrected chi connectivity index (χ2v) is 6.85. The van der Waals surface area contributed by atoms with E-state index < -0.39 is 0 Å². The predicted octanol–water partition coefficient (Wildman–Crippen LogP) is 6.46. The Morgan fingerprint density at radius 1 is 0.778 bits per heavy atom. The summed E-state index contributed by atoms with van der Waals surface area (Å²) in [5.41, 5.74) is 5.97. The Hall–Kier alpha value is -3.26. The molecule has 0 aromatic heterocycles. The van der Waals surface area contributed by atoms with Crippen molar-refractivity contribution in [3.05, 3.63) is 114 Å². The molecule has 1 unspecified atom stereocenters. The van der Waals surface area contributed by atoms with Crippen molar-refractivity contribution in [1.82, 2.24) is 0 Å². The van der Waals surface area contributed by atoms with Gasteiger partial charge >= 0.3 is 0 Å². The fraction of sp³-hybridized carbons (Fsp3) is 0.120. The van der Waals surface area contributed by atoms with Crippen LogP contribution in [0.1, 0.15) is 12.0 Å². The number of hydrogen-bond donors (Lipinski definition) is 1. The number of rotatable bonds is 5. The van der Waals surface area contributed by atoms with Crippen molar-refractivity contribution in [1.29, 1.82) is 0 Å². The molecule has 1 aliphatic carbocycles. The summed E-state index contributed by atoms with van der Waals surface area (Å²) in [7, 11) is 0. The highest BCUT2D eigenvalue weighted by Crippen LogP contribution is 2.31. The first-order valence-electron chi connectivity index (χ1n) is 9.41. The number of aryl methyl sites for hydroxylation is 1. The molecule has 2 nitrogen and oxygen atoms in total. The molecule has 2 heteroatoms. The van der Waals surface area contributed by atoms with Crippen molar-refractivity contribution in [2.45, 2.75) is 19.4 Å². The molecule has 27 heavy (non-hydrogen) atoms. The molecule has 0 amide bonds. The third-order valence-corrected chi connectivity index (χ3v) is 4.82. The molecule has 3 aromatic rings. The second kappa shape index (κ2) is 7.96. The zero-order chi connectivity index (χ0) is 18.5. The molecule has 0 fully saturated rings. The van der Waals surface area contributed by atoms with Gasteiger partial charge in [-0.1, -0.05) is 66.2 Å². The Balaban J connectivity index is 1.57. The molecule has 0 heterocycles. The first-order valence-corrected chi connectivity index (χ1v) is 9.41. The molecule has 1 N–H and O–H groups in total. The molecule has 4 rings (SSSR count). The second-order valence-electron chi connectivity index (χ2n) is 6.85. The van der Waals surface area contributed by atoms with Gasteiger partial charge in [0.2, 0.25) is 0 Å². The zero-order valence-corrected chi connectivity index (χ0v) is 15.5. The summed E-state index contributed by atoms with van der Waals surface area (Å²) >= 11 is 0. The number of benzene rings is 3. The summed E-state index contributed by atoms with van der Waals surface area (Å²) < 4.78 is 0. The van der Waals surface area contributed by atoms with Crippen molar-refractivity contribution < 1.29 is 0 Å². The van der Waals surface area contributed by atoms with Crippen LogP contribution in [0.3, 0.4) is 0 Å². The quantitative estimate of drug-likeness (QED) is 0.567. The number of hydrogen-bond acceptors (Lipinski definition) is 2. The summed E-state index contributed by atoms with van der Waals surface area (Å²) in [4.78, 5) is 2.41. The summed E-state index contributed by atoms with van der Waals surface area (Å²) in [6.07, 6.45) is 7.71. The minimum absolute atomic E-state index is 0.288. The molecule has 0 radical (unpaired) electrons. The average Bonchev–Trinajstić information content (AvgIpc) is 2.73. The van der Waals surface area contributed by atoms with Crippen LogP contribution < -0.4 is 10.2 Å². The van der Waals surface area contributed by atoms with Gasteiger partial charge in [-0.2, -0.15) is 0 Å². The Kier molecular flexibility index (Phi) is 5.06. The molecule has 0 spiro atoms. The van der Waals surface area contributed by atoms with Crippen molar-refractivity contribution >= 4 is 17.1 Å². The lowest BCUT2D eigenvalue weighted by Gasteiger charge is -2.33. The maximum Gasteiger partial charge on any atom is 0.0561 e. The van der Waals surface area contributed by atoms with E-state index in [9.17, 15) is 0 Å². The Morgan fingerprint density at radius 2 is 1.41 bits per heavy atom. The third kappa shape index (κ3) is 4.12. The smallest absolute Gasteiger partial charge is 0.0561 e. The maximum atomic E-state index is 3.48. The average molecular weight is 352 g/mol. The lowest BCUT2D eigenvalue weighted by molar-refractivity contribution is 0.780. The minimum Gasteiger partial charge on any atom is -0.356 e. The van der Waals surface area contributed by atoms with E-state index in [0.29, 0.717) is 0 Å². The van der Waals surface area contributed by atoms with Gasteiger partial charge < -0.3 is 10.2 Å². The summed E-state index contributed by atoms with van der Waals surface area (Å²) in [5, 5.41) is 3.48. The van der Waals surface area contributed by atoms with Crippen LogP contribution in [0, 0.1) is 6.92 Å². The number of anilines is 3. The predicted molar refractivity (Wildman–Crippen MR) is 115 cm³/mol. The van der Waals surface area contributed by atoms with E-state index in [4.69, 9.17) is 0 Å². The maximum absolute atomic E-state index is 3.48. The lowest BCUT2D eigenvalue weighted by atomic mass is 10.0. The topological polar surface area (TPSA) is 15.3 Å². The van der Waals surface area contributed by atoms with Crippen LogP contribution in [-0.2, 0) is 0 Å². The number of allylic oxidation sites excluding steroid dienone is 1. The van der Waals surface area contributed by atoms with Crippen molar-refractivity contribution in [3.8, 4) is 0 Å². The summed E-state index contributed by atoms with van der Waals surface area (Å²) in [6.45, 7) is 2.13. The van der Waals surface area contributed by atoms with Crippen molar-refractivity contribution in [2.24, 2.45) is 0 Å². The van der Waals surface area contributed by atoms with Gasteiger partial charge in [-0.25, -0.2) is 0 Å². The van der Waals surface area contributed by atoms with Crippen LogP contribution >= 0.6 is 0 Å². The van der Waals surface area contributed by atoms with E-state index in [2.05, 4.69) is 102 Å². The van der Waals surface area contributed by atoms with Crippen molar-refractivity contribution in [2.75, 3.05) is 10.2 Å². The van der Waals surface area contributed by atoms with Gasteiger partial charge in [0, 0.05) is 22.8 Å². The first-order chi connectivity index (χ1) is 13.3. The molecular formula is C25H24N2. The fourth-order valence-corrected chi connectivity index (χ4v) is 3.41. The molecule has 1 aliphatic rings. The van der Waals surface area contributed by atoms with Crippen LogP contribution in [0.2, 0.25) is 0 Å². The summed E-state index contributed by atoms with van der Waals surface area (Å²) in [5.74, 6) is 0. The van der Waals surface area contributed by atoms with Gasteiger partial charge in [-0.3, -0.25) is 0 Å². The van der Waals surface area contributed by atoms with E-state index in [-0.39, 0.29) is 6.04 Å². The van der Waals surface area contributed by atoms with E-state index >= 15 is 0 Å². The molecule has 134 valence electrons. The van der Waals surface area contributed by atoms with E-state index in [1.807, 2.05) is 18.2 Å². The molecule has 0 saturated carbocycles. The number of nitrogens with one attached hydrogen (secondary N) is 1. The standard InChI is InChI=1S/C25H24N2/c1-20-12-16-24(17-13-20)27(23-10-6-3-7-11-23)25-18-14-22(15-19-25)26-21-8-4-2-5-9-21/h2-18,25-26H,19H2,1H3. The van der Waals surface area contributed by atoms with Crippen LogP contribution in [0.5, 0.6) is 0 Å². The van der Waals surface area contributed by atoms with Gasteiger partial charge in [0.1, 0.15) is 0 Å². The number of nitrogens with zero attached hydrogens (tertiary/aromatic N) is 1. The van der Waals surface area contributed by atoms with E-state index in [0.717, 1.165) is 17.8 Å². The van der Waals surface area contributed by atoms with Gasteiger partial charge in [0.25, 0.3) is 0 Å². The van der Waals surface area contributed by atoms with Gasteiger partial charge in [-0.15, -0.1) is 0 Å². The Bertz CT molecular complexity index is 925. The van der Waals surface area contributed by atoms with Crippen LogP contribution in [-0.4, -0.2) is 6.04 Å². The molecular weight excluding hydrogens is 328 g/mol. The number of para-hydroxylation sites is 2. The molecule has 0 bridgehead atoms. The van der Waals surface area contributed by atoms with Gasteiger partial charge in [0.15, 0.2) is 0 Å². The molecule has 0 saturated heterocycles. The van der Waals surface area contributed by atoms with Crippen molar-refractivity contribution in [3.63, 3.8) is 0 Å². The van der Waals surface area contributed by atoms with E-state index in [1.54, 1.807) is 0 Å². The fourth-order valence-electron chi connectivity index (χ4n) is 3.41. The van der Waals surface area contributed by atoms with E-state index in [1.165, 1.54) is 16.9 Å². The van der Waals surface area contributed by atoms with Crippen LogP contribution in [0.25, 0.3) is 0 Å². The van der Waals surface area contributed by atoms with Gasteiger partial charge in [0.05, 0.1) is 6.04 Å². The Morgan fingerprint density at radius 3 is 2.04 bits per heavy atom. The largest absolute Gasteiger partial charge is 0.356 e. The molecule has 0 aliphatic heterocycles. The lowest BCUT2D eigenvalue weighted by Crippen LogP contribution is -2.30. The van der Waals surface area contributed by atoms with Gasteiger partial charge in [-0.05, 0) is 55.8 Å². The highest BCUT2D eigenvalue weighted by molar-refractivity contribution is 5.66. The minimum atomic E-state index is 0.288. The van der Waals surface area contributed by atoms with Crippen LogP contribution in [0.4, 0.5) is 17.1 Å². The molecule has 1 atom stereocenters. The summed E-state index contributed by atoms with van der Waals surface area (Å²) in [6, 6.07) is 30.0. The monoisotopic (exact) mass is 352 g/mol. The highest BCUT2D eigenvalue weighted by atomic mass is 15.2.